The van der Waals surface area contributed by atoms with Gasteiger partial charge in [0.2, 0.25) is 15.9 Å². The van der Waals surface area contributed by atoms with Crippen LogP contribution in [0.15, 0.2) is 15.5 Å². The summed E-state index contributed by atoms with van der Waals surface area (Å²) >= 11 is 0. The standard InChI is InChI=1S/C15H23N5O4S/c1-6-8(2)13(15(21)16-12-7-9(3)24-19-12)20-25(22,23)14-10(4)17-18-11(14)5/h7-8,13,20H,6H2,1-5H3,(H,17,18)(H,16,19,21)/t8?,13-/m0/s1. The van der Waals surface area contributed by atoms with E-state index in [9.17, 15) is 13.2 Å². The number of anilines is 1. The molecule has 0 bridgehead atoms. The summed E-state index contributed by atoms with van der Waals surface area (Å²) in [5, 5.41) is 12.8. The van der Waals surface area contributed by atoms with Gasteiger partial charge in [-0.05, 0) is 26.7 Å². The third-order valence-electron chi connectivity index (χ3n) is 3.99. The van der Waals surface area contributed by atoms with E-state index in [1.54, 1.807) is 33.8 Å². The number of hydrogen-bond donors (Lipinski definition) is 3. The van der Waals surface area contributed by atoms with Crippen LogP contribution in [0.4, 0.5) is 5.82 Å². The Hall–Kier alpha value is -2.20. The van der Waals surface area contributed by atoms with Crippen molar-refractivity contribution in [3.05, 3.63) is 23.2 Å². The molecule has 10 heteroatoms. The van der Waals surface area contributed by atoms with Crippen LogP contribution in [-0.2, 0) is 14.8 Å². The van der Waals surface area contributed by atoms with Gasteiger partial charge in [0.15, 0.2) is 5.82 Å². The molecule has 2 rings (SSSR count). The lowest BCUT2D eigenvalue weighted by atomic mass is 9.99. The first-order chi connectivity index (χ1) is 11.7. The maximum absolute atomic E-state index is 12.7. The van der Waals surface area contributed by atoms with Crippen molar-refractivity contribution >= 4 is 21.7 Å². The molecule has 0 aromatic carbocycles. The minimum Gasteiger partial charge on any atom is -0.360 e. The van der Waals surface area contributed by atoms with Gasteiger partial charge in [0.05, 0.1) is 11.4 Å². The van der Waals surface area contributed by atoms with Crippen molar-refractivity contribution in [1.82, 2.24) is 20.1 Å². The van der Waals surface area contributed by atoms with Gasteiger partial charge in [0, 0.05) is 6.07 Å². The summed E-state index contributed by atoms with van der Waals surface area (Å²) in [6, 6.07) is 0.602. The summed E-state index contributed by atoms with van der Waals surface area (Å²) in [6.07, 6.45) is 0.613. The van der Waals surface area contributed by atoms with Gasteiger partial charge in [0.25, 0.3) is 0 Å². The van der Waals surface area contributed by atoms with Gasteiger partial charge in [-0.2, -0.15) is 9.82 Å². The van der Waals surface area contributed by atoms with E-state index in [0.29, 0.717) is 23.6 Å². The highest BCUT2D eigenvalue weighted by molar-refractivity contribution is 7.89. The zero-order valence-corrected chi connectivity index (χ0v) is 15.7. The Kier molecular flexibility index (Phi) is 5.63. The molecule has 0 radical (unpaired) electrons. The average molecular weight is 369 g/mol. The highest BCUT2D eigenvalue weighted by Crippen LogP contribution is 2.20. The second-order valence-electron chi connectivity index (χ2n) is 6.06. The topological polar surface area (TPSA) is 130 Å². The van der Waals surface area contributed by atoms with Crippen LogP contribution in [0, 0.1) is 26.7 Å². The first-order valence-corrected chi connectivity index (χ1v) is 9.42. The Balaban J connectivity index is 2.27. The lowest BCUT2D eigenvalue weighted by Crippen LogP contribution is -2.47. The lowest BCUT2D eigenvalue weighted by molar-refractivity contribution is -0.118. The molecule has 25 heavy (non-hydrogen) atoms. The molecule has 1 unspecified atom stereocenters. The summed E-state index contributed by atoms with van der Waals surface area (Å²) in [4.78, 5) is 12.7. The van der Waals surface area contributed by atoms with Crippen molar-refractivity contribution < 1.29 is 17.7 Å². The highest BCUT2D eigenvalue weighted by Gasteiger charge is 2.32. The van der Waals surface area contributed by atoms with Gasteiger partial charge in [-0.3, -0.25) is 9.89 Å². The fraction of sp³-hybridized carbons (Fsp3) is 0.533. The molecule has 138 valence electrons. The summed E-state index contributed by atoms with van der Waals surface area (Å²) in [7, 11) is -3.91. The third kappa shape index (κ3) is 4.26. The van der Waals surface area contributed by atoms with E-state index in [1.807, 2.05) is 6.92 Å². The molecule has 0 spiro atoms. The highest BCUT2D eigenvalue weighted by atomic mass is 32.2. The van der Waals surface area contributed by atoms with Crippen molar-refractivity contribution in [2.75, 3.05) is 5.32 Å². The minimum atomic E-state index is -3.91. The van der Waals surface area contributed by atoms with Crippen LogP contribution < -0.4 is 10.0 Å². The summed E-state index contributed by atoms with van der Waals surface area (Å²) in [5.74, 6) is 0.0617. The lowest BCUT2D eigenvalue weighted by Gasteiger charge is -2.23. The van der Waals surface area contributed by atoms with Crippen LogP contribution in [0.3, 0.4) is 0 Å². The number of sulfonamides is 1. The molecule has 0 aliphatic rings. The molecule has 2 aromatic heterocycles. The van der Waals surface area contributed by atoms with Crippen LogP contribution >= 0.6 is 0 Å². The SMILES string of the molecule is CCC(C)[C@H](NS(=O)(=O)c1c(C)n[nH]c1C)C(=O)Nc1cc(C)on1. The van der Waals surface area contributed by atoms with Gasteiger partial charge in [-0.1, -0.05) is 25.4 Å². The van der Waals surface area contributed by atoms with Gasteiger partial charge in [-0.25, -0.2) is 8.42 Å². The average Bonchev–Trinajstić information content (AvgIpc) is 3.09. The maximum Gasteiger partial charge on any atom is 0.244 e. The van der Waals surface area contributed by atoms with Gasteiger partial charge in [-0.15, -0.1) is 0 Å². The van der Waals surface area contributed by atoms with Crippen LogP contribution in [0.2, 0.25) is 0 Å². The van der Waals surface area contributed by atoms with E-state index in [0.717, 1.165) is 0 Å². The number of nitrogens with zero attached hydrogens (tertiary/aromatic N) is 2. The third-order valence-corrected chi connectivity index (χ3v) is 5.69. The molecule has 9 nitrogen and oxygen atoms in total. The smallest absolute Gasteiger partial charge is 0.244 e. The second-order valence-corrected chi connectivity index (χ2v) is 7.71. The molecular weight excluding hydrogens is 346 g/mol. The van der Waals surface area contributed by atoms with Crippen LogP contribution in [0.5, 0.6) is 0 Å². The molecule has 2 aromatic rings. The summed E-state index contributed by atoms with van der Waals surface area (Å²) in [5.41, 5.74) is 0.765. The Morgan fingerprint density at radius 3 is 2.52 bits per heavy atom. The normalized spacial score (nSPS) is 14.3. The number of aromatic nitrogens is 3. The summed E-state index contributed by atoms with van der Waals surface area (Å²) < 4.78 is 32.9. The van der Waals surface area contributed by atoms with Crippen molar-refractivity contribution in [1.29, 1.82) is 0 Å². The van der Waals surface area contributed by atoms with Crippen molar-refractivity contribution in [3.8, 4) is 0 Å². The molecule has 1 amide bonds. The fourth-order valence-electron chi connectivity index (χ4n) is 2.46. The number of H-pyrrole nitrogens is 1. The number of amides is 1. The number of hydrogen-bond acceptors (Lipinski definition) is 6. The minimum absolute atomic E-state index is 0.0610. The zero-order valence-electron chi connectivity index (χ0n) is 14.9. The molecule has 0 saturated carbocycles. The van der Waals surface area contributed by atoms with E-state index in [2.05, 4.69) is 25.4 Å². The van der Waals surface area contributed by atoms with Gasteiger partial charge < -0.3 is 9.84 Å². The van der Waals surface area contributed by atoms with Gasteiger partial charge in [0.1, 0.15) is 16.7 Å². The van der Waals surface area contributed by atoms with Crippen molar-refractivity contribution in [2.24, 2.45) is 5.92 Å². The quantitative estimate of drug-likeness (QED) is 0.680. The number of carbonyl (C=O) groups excluding carboxylic acids is 1. The van der Waals surface area contributed by atoms with Crippen molar-refractivity contribution in [2.45, 2.75) is 52.0 Å². The number of aromatic amines is 1. The van der Waals surface area contributed by atoms with E-state index >= 15 is 0 Å². The fourth-order valence-corrected chi connectivity index (χ4v) is 4.13. The van der Waals surface area contributed by atoms with E-state index < -0.39 is 22.0 Å². The predicted octanol–water partition coefficient (Wildman–Crippen LogP) is 1.65. The van der Waals surface area contributed by atoms with E-state index in [4.69, 9.17) is 4.52 Å². The second kappa shape index (κ2) is 7.36. The summed E-state index contributed by atoms with van der Waals surface area (Å²) in [6.45, 7) is 8.59. The number of carbonyl (C=O) groups is 1. The van der Waals surface area contributed by atoms with Crippen LogP contribution in [-0.4, -0.2) is 35.7 Å². The molecule has 0 aliphatic heterocycles. The Morgan fingerprint density at radius 1 is 1.36 bits per heavy atom. The first-order valence-electron chi connectivity index (χ1n) is 7.93. The first kappa shape index (κ1) is 19.1. The molecule has 2 atom stereocenters. The molecule has 0 saturated heterocycles. The zero-order chi connectivity index (χ0) is 18.8. The predicted molar refractivity (Wildman–Crippen MR) is 91.5 cm³/mol. The van der Waals surface area contributed by atoms with E-state index in [1.165, 1.54) is 0 Å². The van der Waals surface area contributed by atoms with Crippen LogP contribution in [0.1, 0.15) is 37.4 Å². The monoisotopic (exact) mass is 369 g/mol. The number of nitrogens with one attached hydrogen (secondary N) is 3. The molecule has 3 N–H and O–H groups in total. The van der Waals surface area contributed by atoms with Crippen LogP contribution in [0.25, 0.3) is 0 Å². The largest absolute Gasteiger partial charge is 0.360 e. The Bertz CT molecular complexity index is 836. The Labute approximate surface area is 146 Å². The van der Waals surface area contributed by atoms with Crippen molar-refractivity contribution in [3.63, 3.8) is 0 Å². The number of rotatable bonds is 7. The molecule has 0 fully saturated rings. The molecule has 0 aliphatic carbocycles. The molecule has 2 heterocycles. The van der Waals surface area contributed by atoms with Gasteiger partial charge >= 0.3 is 0 Å². The van der Waals surface area contributed by atoms with E-state index in [-0.39, 0.29) is 16.6 Å². The Morgan fingerprint density at radius 2 is 2.04 bits per heavy atom. The maximum atomic E-state index is 12.7. The molecular formula is C15H23N5O4S. The number of aryl methyl sites for hydroxylation is 3.